The van der Waals surface area contributed by atoms with E-state index in [0.29, 0.717) is 19.6 Å². The molecule has 1 heterocycles. The molecule has 0 spiro atoms. The topological polar surface area (TPSA) is 60.9 Å². The first kappa shape index (κ1) is 18.5. The van der Waals surface area contributed by atoms with Crippen molar-refractivity contribution in [2.24, 2.45) is 5.92 Å². The number of amides is 2. The Bertz CT molecular complexity index is 581. The van der Waals surface area contributed by atoms with Gasteiger partial charge in [0.2, 0.25) is 11.8 Å². The van der Waals surface area contributed by atoms with Gasteiger partial charge >= 0.3 is 0 Å². The lowest BCUT2D eigenvalue weighted by atomic mass is 10.1. The molecule has 1 aliphatic heterocycles. The summed E-state index contributed by atoms with van der Waals surface area (Å²) in [6, 6.07) is 8.11. The van der Waals surface area contributed by atoms with Crippen LogP contribution in [0.25, 0.3) is 0 Å². The molecule has 24 heavy (non-hydrogen) atoms. The predicted octanol–water partition coefficient (Wildman–Crippen LogP) is 1.96. The number of benzene rings is 1. The first-order chi connectivity index (χ1) is 11.3. The van der Waals surface area contributed by atoms with Gasteiger partial charge in [-0.2, -0.15) is 0 Å². The third-order valence-corrected chi connectivity index (χ3v) is 4.43. The van der Waals surface area contributed by atoms with Gasteiger partial charge in [-0.3, -0.25) is 9.59 Å². The van der Waals surface area contributed by atoms with Crippen LogP contribution in [0, 0.1) is 12.8 Å². The van der Waals surface area contributed by atoms with Crippen molar-refractivity contribution >= 4 is 11.8 Å². The highest BCUT2D eigenvalue weighted by Crippen LogP contribution is 2.23. The van der Waals surface area contributed by atoms with E-state index in [1.807, 2.05) is 45.0 Å². The van der Waals surface area contributed by atoms with Gasteiger partial charge in [0.25, 0.3) is 0 Å². The monoisotopic (exact) mass is 332 g/mol. The Morgan fingerprint density at radius 2 is 1.92 bits per heavy atom. The number of aliphatic hydroxyl groups excluding tert-OH is 1. The highest BCUT2D eigenvalue weighted by atomic mass is 16.3. The van der Waals surface area contributed by atoms with Crippen LogP contribution in [-0.4, -0.2) is 52.0 Å². The summed E-state index contributed by atoms with van der Waals surface area (Å²) in [4.78, 5) is 28.5. The van der Waals surface area contributed by atoms with Gasteiger partial charge in [-0.05, 0) is 33.3 Å². The Balaban J connectivity index is 2.02. The Morgan fingerprint density at radius 3 is 2.46 bits per heavy atom. The van der Waals surface area contributed by atoms with Gasteiger partial charge < -0.3 is 14.9 Å². The van der Waals surface area contributed by atoms with Gasteiger partial charge in [0, 0.05) is 32.1 Å². The maximum atomic E-state index is 12.7. The Labute approximate surface area is 144 Å². The molecule has 5 heteroatoms. The second-order valence-corrected chi connectivity index (χ2v) is 7.09. The molecule has 0 radical (unpaired) electrons. The molecule has 2 rings (SSSR count). The molecule has 1 saturated heterocycles. The molecular formula is C19H28N2O3. The van der Waals surface area contributed by atoms with Crippen LogP contribution in [0.2, 0.25) is 0 Å². The predicted molar refractivity (Wildman–Crippen MR) is 93.2 cm³/mol. The van der Waals surface area contributed by atoms with E-state index >= 15 is 0 Å². The summed E-state index contributed by atoms with van der Waals surface area (Å²) in [5.41, 5.74) is 2.26. The van der Waals surface area contributed by atoms with Crippen molar-refractivity contribution in [1.29, 1.82) is 0 Å². The molecule has 0 aromatic heterocycles. The molecule has 2 amide bonds. The van der Waals surface area contributed by atoms with Gasteiger partial charge in [-0.1, -0.05) is 29.8 Å². The van der Waals surface area contributed by atoms with Gasteiger partial charge in [-0.25, -0.2) is 0 Å². The number of nitrogens with zero attached hydrogens (tertiary/aromatic N) is 2. The van der Waals surface area contributed by atoms with Gasteiger partial charge in [0.15, 0.2) is 0 Å². The molecule has 2 atom stereocenters. The van der Waals surface area contributed by atoms with E-state index in [0.717, 1.165) is 5.56 Å². The molecule has 1 aromatic carbocycles. The molecule has 0 bridgehead atoms. The van der Waals surface area contributed by atoms with Crippen molar-refractivity contribution in [3.8, 4) is 0 Å². The van der Waals surface area contributed by atoms with Crippen LogP contribution in [0.15, 0.2) is 24.3 Å². The van der Waals surface area contributed by atoms with Crippen LogP contribution in [0.1, 0.15) is 38.3 Å². The van der Waals surface area contributed by atoms with Crippen LogP contribution in [0.5, 0.6) is 0 Å². The minimum absolute atomic E-state index is 0.00773. The zero-order valence-corrected chi connectivity index (χ0v) is 15.0. The first-order valence-corrected chi connectivity index (χ1v) is 8.59. The molecule has 132 valence electrons. The largest absolute Gasteiger partial charge is 0.392 e. The number of carbonyl (C=O) groups is 2. The smallest absolute Gasteiger partial charge is 0.228 e. The van der Waals surface area contributed by atoms with Crippen molar-refractivity contribution in [3.63, 3.8) is 0 Å². The fourth-order valence-corrected chi connectivity index (χ4v) is 3.08. The lowest BCUT2D eigenvalue weighted by Gasteiger charge is -2.30. The second kappa shape index (κ2) is 7.79. The Kier molecular flexibility index (Phi) is 5.99. The quantitative estimate of drug-likeness (QED) is 0.866. The lowest BCUT2D eigenvalue weighted by Crippen LogP contribution is -2.45. The third kappa shape index (κ3) is 4.57. The van der Waals surface area contributed by atoms with E-state index in [4.69, 9.17) is 0 Å². The molecule has 5 nitrogen and oxygen atoms in total. The second-order valence-electron chi connectivity index (χ2n) is 7.09. The number of aliphatic hydroxyl groups is 1. The van der Waals surface area contributed by atoms with E-state index in [2.05, 4.69) is 0 Å². The van der Waals surface area contributed by atoms with E-state index in [9.17, 15) is 14.7 Å². The Hall–Kier alpha value is -1.88. The molecule has 0 saturated carbocycles. The highest BCUT2D eigenvalue weighted by Gasteiger charge is 2.37. The first-order valence-electron chi connectivity index (χ1n) is 8.59. The Morgan fingerprint density at radius 1 is 1.29 bits per heavy atom. The number of aryl methyl sites for hydroxylation is 1. The third-order valence-electron chi connectivity index (χ3n) is 4.43. The molecule has 2 unspecified atom stereocenters. The number of rotatable bonds is 6. The van der Waals surface area contributed by atoms with E-state index in [1.165, 1.54) is 5.56 Å². The minimum atomic E-state index is -0.572. The summed E-state index contributed by atoms with van der Waals surface area (Å²) in [7, 11) is 0. The number of likely N-dealkylation sites (tertiary alicyclic amines) is 1. The molecule has 1 N–H and O–H groups in total. The standard InChI is InChI=1S/C19H28N2O3/c1-13(2)21(10-15(4)22)19(24)17-9-18(23)20(12-17)11-16-7-5-14(3)6-8-16/h5-8,13,15,17,22H,9-12H2,1-4H3. The van der Waals surface area contributed by atoms with Crippen LogP contribution in [0.3, 0.4) is 0 Å². The van der Waals surface area contributed by atoms with Crippen molar-refractivity contribution in [2.75, 3.05) is 13.1 Å². The zero-order chi connectivity index (χ0) is 17.9. The molecular weight excluding hydrogens is 304 g/mol. The summed E-state index contributed by atoms with van der Waals surface area (Å²) in [5, 5.41) is 9.61. The maximum Gasteiger partial charge on any atom is 0.228 e. The molecule has 1 aliphatic rings. The van der Waals surface area contributed by atoms with Crippen LogP contribution in [-0.2, 0) is 16.1 Å². The lowest BCUT2D eigenvalue weighted by molar-refractivity contribution is -0.138. The SMILES string of the molecule is Cc1ccc(CN2CC(C(=O)N(CC(C)O)C(C)C)CC2=O)cc1. The fraction of sp³-hybridized carbons (Fsp3) is 0.579. The van der Waals surface area contributed by atoms with Crippen molar-refractivity contribution in [1.82, 2.24) is 9.80 Å². The number of carbonyl (C=O) groups excluding carboxylic acids is 2. The summed E-state index contributed by atoms with van der Waals surface area (Å²) in [5.74, 6) is -0.329. The fourth-order valence-electron chi connectivity index (χ4n) is 3.08. The van der Waals surface area contributed by atoms with E-state index in [-0.39, 0.29) is 30.2 Å². The van der Waals surface area contributed by atoms with Crippen LogP contribution >= 0.6 is 0 Å². The average molecular weight is 332 g/mol. The zero-order valence-electron chi connectivity index (χ0n) is 15.0. The summed E-state index contributed by atoms with van der Waals surface area (Å²) in [6.45, 7) is 8.87. The maximum absolute atomic E-state index is 12.7. The van der Waals surface area contributed by atoms with Gasteiger partial charge in [-0.15, -0.1) is 0 Å². The molecule has 1 fully saturated rings. The normalized spacial score (nSPS) is 19.0. The average Bonchev–Trinajstić information content (AvgIpc) is 2.87. The molecule has 1 aromatic rings. The minimum Gasteiger partial charge on any atom is -0.392 e. The molecule has 0 aliphatic carbocycles. The van der Waals surface area contributed by atoms with Gasteiger partial charge in [0.1, 0.15) is 0 Å². The highest BCUT2D eigenvalue weighted by molar-refractivity contribution is 5.89. The van der Waals surface area contributed by atoms with Crippen LogP contribution < -0.4 is 0 Å². The number of hydrogen-bond donors (Lipinski definition) is 1. The summed E-state index contributed by atoms with van der Waals surface area (Å²) >= 11 is 0. The van der Waals surface area contributed by atoms with Crippen molar-refractivity contribution < 1.29 is 14.7 Å². The van der Waals surface area contributed by atoms with E-state index in [1.54, 1.807) is 16.7 Å². The van der Waals surface area contributed by atoms with E-state index < -0.39 is 6.10 Å². The van der Waals surface area contributed by atoms with Crippen molar-refractivity contribution in [2.45, 2.75) is 52.8 Å². The van der Waals surface area contributed by atoms with Gasteiger partial charge in [0.05, 0.1) is 12.0 Å². The van der Waals surface area contributed by atoms with Crippen molar-refractivity contribution in [3.05, 3.63) is 35.4 Å². The summed E-state index contributed by atoms with van der Waals surface area (Å²) < 4.78 is 0. The number of hydrogen-bond acceptors (Lipinski definition) is 3. The summed E-state index contributed by atoms with van der Waals surface area (Å²) in [6.07, 6.45) is -0.314. The van der Waals surface area contributed by atoms with Crippen LogP contribution in [0.4, 0.5) is 0 Å².